The normalized spacial score (nSPS) is 19.8. The Balaban J connectivity index is 1.56. The standard InChI is InChI=1S/C28H31F3N4O2/c1-16-12-21(15-27(4,5)14-16)35-24-11-6-19(25-17(2)34-37-18(25)3)13-23(24)33-26(35)32-20-7-9-22(10-8-20)36-28(29,30)31/h6-11,13,16,21H,12,14-15H2,1-5H3,(H,32,33)/t16-,21+/m0/s1. The second kappa shape index (κ2) is 9.11. The third kappa shape index (κ3) is 5.31. The predicted molar refractivity (Wildman–Crippen MR) is 137 cm³/mol. The summed E-state index contributed by atoms with van der Waals surface area (Å²) >= 11 is 0. The van der Waals surface area contributed by atoms with Gasteiger partial charge in [0.15, 0.2) is 0 Å². The highest BCUT2D eigenvalue weighted by Crippen LogP contribution is 2.46. The Morgan fingerprint density at radius 2 is 1.81 bits per heavy atom. The zero-order valence-electron chi connectivity index (χ0n) is 21.6. The number of halogens is 3. The molecule has 2 atom stereocenters. The number of aromatic nitrogens is 3. The summed E-state index contributed by atoms with van der Waals surface area (Å²) in [5.41, 5.74) is 5.39. The van der Waals surface area contributed by atoms with Crippen LogP contribution in [0.4, 0.5) is 24.8 Å². The molecule has 0 saturated heterocycles. The van der Waals surface area contributed by atoms with Crippen molar-refractivity contribution in [2.45, 2.75) is 66.3 Å². The van der Waals surface area contributed by atoms with Crippen molar-refractivity contribution in [1.29, 1.82) is 0 Å². The van der Waals surface area contributed by atoms with Gasteiger partial charge in [0.2, 0.25) is 5.95 Å². The van der Waals surface area contributed by atoms with Crippen LogP contribution in [-0.2, 0) is 0 Å². The maximum absolute atomic E-state index is 12.6. The molecule has 1 N–H and O–H groups in total. The lowest BCUT2D eigenvalue weighted by molar-refractivity contribution is -0.274. The highest BCUT2D eigenvalue weighted by Gasteiger charge is 2.35. The van der Waals surface area contributed by atoms with Crippen molar-refractivity contribution in [3.8, 4) is 16.9 Å². The second-order valence-electron chi connectivity index (χ2n) is 11.0. The van der Waals surface area contributed by atoms with Gasteiger partial charge in [-0.05, 0) is 86.4 Å². The fourth-order valence-corrected chi connectivity index (χ4v) is 5.97. The van der Waals surface area contributed by atoms with Gasteiger partial charge in [0.1, 0.15) is 11.5 Å². The van der Waals surface area contributed by atoms with Gasteiger partial charge in [0.25, 0.3) is 0 Å². The van der Waals surface area contributed by atoms with Crippen molar-refractivity contribution >= 4 is 22.7 Å². The van der Waals surface area contributed by atoms with Gasteiger partial charge in [-0.2, -0.15) is 0 Å². The van der Waals surface area contributed by atoms with Gasteiger partial charge in [-0.1, -0.05) is 32.0 Å². The first-order valence-corrected chi connectivity index (χ1v) is 12.5. The van der Waals surface area contributed by atoms with E-state index in [9.17, 15) is 13.2 Å². The van der Waals surface area contributed by atoms with Crippen LogP contribution in [0.1, 0.15) is 57.5 Å². The molecule has 6 nitrogen and oxygen atoms in total. The molecule has 196 valence electrons. The topological polar surface area (TPSA) is 65.1 Å². The van der Waals surface area contributed by atoms with Crippen LogP contribution in [0, 0.1) is 25.2 Å². The van der Waals surface area contributed by atoms with Crippen LogP contribution in [0.3, 0.4) is 0 Å². The third-order valence-electron chi connectivity index (χ3n) is 7.08. The number of aryl methyl sites for hydroxylation is 2. The summed E-state index contributed by atoms with van der Waals surface area (Å²) in [5.74, 6) is 1.70. The lowest BCUT2D eigenvalue weighted by atomic mass is 9.70. The van der Waals surface area contributed by atoms with E-state index >= 15 is 0 Å². The van der Waals surface area contributed by atoms with Gasteiger partial charge in [0, 0.05) is 17.3 Å². The maximum atomic E-state index is 12.6. The molecular weight excluding hydrogens is 481 g/mol. The molecule has 4 aromatic rings. The van der Waals surface area contributed by atoms with Gasteiger partial charge in [0.05, 0.1) is 16.7 Å². The van der Waals surface area contributed by atoms with Crippen LogP contribution in [0.2, 0.25) is 0 Å². The van der Waals surface area contributed by atoms with Gasteiger partial charge in [-0.3, -0.25) is 0 Å². The highest BCUT2D eigenvalue weighted by molar-refractivity contribution is 5.86. The number of alkyl halides is 3. The predicted octanol–water partition coefficient (Wildman–Crippen LogP) is 8.34. The van der Waals surface area contributed by atoms with Crippen LogP contribution in [0.15, 0.2) is 47.0 Å². The summed E-state index contributed by atoms with van der Waals surface area (Å²) in [6, 6.07) is 12.1. The Morgan fingerprint density at radius 3 is 2.43 bits per heavy atom. The van der Waals surface area contributed by atoms with Gasteiger partial charge in [-0.15, -0.1) is 13.2 Å². The number of rotatable bonds is 5. The SMILES string of the molecule is Cc1noc(C)c1-c1ccc2c(c1)nc(Nc1ccc(OC(F)(F)F)cc1)n2[C@@H]1C[C@H](C)CC(C)(C)C1. The van der Waals surface area contributed by atoms with E-state index in [1.807, 2.05) is 19.9 Å². The number of fused-ring (bicyclic) bond motifs is 1. The van der Waals surface area contributed by atoms with Crippen molar-refractivity contribution < 1.29 is 22.4 Å². The van der Waals surface area contributed by atoms with E-state index in [-0.39, 0.29) is 17.2 Å². The monoisotopic (exact) mass is 512 g/mol. The number of benzene rings is 2. The molecule has 0 spiro atoms. The molecule has 1 fully saturated rings. The average molecular weight is 513 g/mol. The third-order valence-corrected chi connectivity index (χ3v) is 7.08. The van der Waals surface area contributed by atoms with Crippen molar-refractivity contribution in [2.24, 2.45) is 11.3 Å². The molecule has 2 heterocycles. The summed E-state index contributed by atoms with van der Waals surface area (Å²) in [6.07, 6.45) is -1.54. The number of hydrogen-bond donors (Lipinski definition) is 1. The number of nitrogens with zero attached hydrogens (tertiary/aromatic N) is 3. The first-order valence-electron chi connectivity index (χ1n) is 12.5. The Hall–Kier alpha value is -3.49. The Labute approximate surface area is 213 Å². The first kappa shape index (κ1) is 25.2. The van der Waals surface area contributed by atoms with E-state index in [0.717, 1.165) is 52.9 Å². The van der Waals surface area contributed by atoms with Crippen LogP contribution in [0.25, 0.3) is 22.2 Å². The van der Waals surface area contributed by atoms with Gasteiger partial charge < -0.3 is 19.1 Å². The molecule has 5 rings (SSSR count). The molecule has 0 bridgehead atoms. The average Bonchev–Trinajstić information content (AvgIpc) is 3.30. The minimum Gasteiger partial charge on any atom is -0.406 e. The summed E-state index contributed by atoms with van der Waals surface area (Å²) in [6.45, 7) is 10.7. The van der Waals surface area contributed by atoms with Gasteiger partial charge >= 0.3 is 6.36 Å². The molecule has 1 aliphatic rings. The number of nitrogens with one attached hydrogen (secondary N) is 1. The molecule has 0 amide bonds. The molecule has 1 saturated carbocycles. The van der Waals surface area contributed by atoms with Crippen LogP contribution < -0.4 is 10.1 Å². The molecule has 2 aromatic carbocycles. The molecule has 1 aliphatic carbocycles. The Bertz CT molecular complexity index is 1400. The van der Waals surface area contributed by atoms with E-state index in [0.29, 0.717) is 17.6 Å². The molecule has 0 unspecified atom stereocenters. The Kier molecular flexibility index (Phi) is 6.20. The number of imidazole rings is 1. The van der Waals surface area contributed by atoms with Crippen molar-refractivity contribution in [2.75, 3.05) is 5.32 Å². The van der Waals surface area contributed by atoms with E-state index in [2.05, 4.69) is 52.7 Å². The van der Waals surface area contributed by atoms with Gasteiger partial charge in [-0.25, -0.2) is 4.98 Å². The minimum absolute atomic E-state index is 0.184. The van der Waals surface area contributed by atoms with Crippen molar-refractivity contribution in [3.05, 3.63) is 53.9 Å². The van der Waals surface area contributed by atoms with E-state index in [1.54, 1.807) is 12.1 Å². The zero-order chi connectivity index (χ0) is 26.5. The number of ether oxygens (including phenoxy) is 1. The van der Waals surface area contributed by atoms with Crippen molar-refractivity contribution in [1.82, 2.24) is 14.7 Å². The molecule has 2 aromatic heterocycles. The lowest BCUT2D eigenvalue weighted by Crippen LogP contribution is -2.29. The van der Waals surface area contributed by atoms with E-state index < -0.39 is 6.36 Å². The number of anilines is 2. The molecule has 0 radical (unpaired) electrons. The zero-order valence-corrected chi connectivity index (χ0v) is 21.6. The summed E-state index contributed by atoms with van der Waals surface area (Å²) in [7, 11) is 0. The fraction of sp³-hybridized carbons (Fsp3) is 0.429. The van der Waals surface area contributed by atoms with E-state index in [4.69, 9.17) is 9.51 Å². The number of hydrogen-bond acceptors (Lipinski definition) is 5. The largest absolute Gasteiger partial charge is 0.573 e. The van der Waals surface area contributed by atoms with Crippen molar-refractivity contribution in [3.63, 3.8) is 0 Å². The fourth-order valence-electron chi connectivity index (χ4n) is 5.97. The van der Waals surface area contributed by atoms with Crippen LogP contribution in [0.5, 0.6) is 5.75 Å². The molecule has 9 heteroatoms. The maximum Gasteiger partial charge on any atom is 0.573 e. The lowest BCUT2D eigenvalue weighted by Gasteiger charge is -2.40. The Morgan fingerprint density at radius 1 is 1.08 bits per heavy atom. The summed E-state index contributed by atoms with van der Waals surface area (Å²) in [4.78, 5) is 4.96. The summed E-state index contributed by atoms with van der Waals surface area (Å²) < 4.78 is 49.4. The van der Waals surface area contributed by atoms with Crippen LogP contribution in [-0.4, -0.2) is 21.1 Å². The summed E-state index contributed by atoms with van der Waals surface area (Å²) in [5, 5.41) is 7.44. The minimum atomic E-state index is -4.73. The molecule has 37 heavy (non-hydrogen) atoms. The highest BCUT2D eigenvalue weighted by atomic mass is 19.4. The smallest absolute Gasteiger partial charge is 0.406 e. The molecule has 0 aliphatic heterocycles. The molecular formula is C28H31F3N4O2. The second-order valence-corrected chi connectivity index (χ2v) is 11.0. The first-order chi connectivity index (χ1) is 17.4. The quantitative estimate of drug-likeness (QED) is 0.291. The van der Waals surface area contributed by atoms with Crippen LogP contribution >= 0.6 is 0 Å². The van der Waals surface area contributed by atoms with E-state index in [1.165, 1.54) is 12.1 Å².